The first kappa shape index (κ1) is 21.6. The Morgan fingerprint density at radius 1 is 1.17 bits per heavy atom. The molecule has 7 nitrogen and oxygen atoms in total. The molecule has 0 aliphatic carbocycles. The second kappa shape index (κ2) is 9.13. The molecule has 1 saturated heterocycles. The lowest BCUT2D eigenvalue weighted by Gasteiger charge is -2.26. The fraction of sp³-hybridized carbons (Fsp3) is 0.350. The van der Waals surface area contributed by atoms with E-state index in [0.29, 0.717) is 24.7 Å². The van der Waals surface area contributed by atoms with Gasteiger partial charge in [0.15, 0.2) is 6.10 Å². The number of carbonyl (C=O) groups excluding carboxylic acids is 1. The van der Waals surface area contributed by atoms with Crippen molar-refractivity contribution in [2.24, 2.45) is 0 Å². The van der Waals surface area contributed by atoms with E-state index in [1.54, 1.807) is 25.1 Å². The van der Waals surface area contributed by atoms with Crippen molar-refractivity contribution in [3.05, 3.63) is 53.1 Å². The third-order valence-corrected chi connectivity index (χ3v) is 6.87. The van der Waals surface area contributed by atoms with Gasteiger partial charge in [0.2, 0.25) is 10.0 Å². The minimum absolute atomic E-state index is 0.0500. The average Bonchev–Trinajstić information content (AvgIpc) is 2.71. The van der Waals surface area contributed by atoms with Crippen LogP contribution < -0.4 is 10.1 Å². The van der Waals surface area contributed by atoms with Crippen molar-refractivity contribution in [3.8, 4) is 5.75 Å². The lowest BCUT2D eigenvalue weighted by Crippen LogP contribution is -2.40. The highest BCUT2D eigenvalue weighted by molar-refractivity contribution is 7.89. The van der Waals surface area contributed by atoms with Crippen molar-refractivity contribution in [2.75, 3.05) is 31.6 Å². The molecule has 2 aromatic rings. The van der Waals surface area contributed by atoms with Crippen LogP contribution in [0.4, 0.5) is 5.69 Å². The van der Waals surface area contributed by atoms with E-state index in [1.165, 1.54) is 16.4 Å². The van der Waals surface area contributed by atoms with Crippen LogP contribution in [-0.4, -0.2) is 51.0 Å². The maximum absolute atomic E-state index is 12.9. The summed E-state index contributed by atoms with van der Waals surface area (Å²) in [4.78, 5) is 12.4. The number of benzene rings is 2. The number of sulfonamides is 1. The van der Waals surface area contributed by atoms with Crippen LogP contribution in [0.15, 0.2) is 47.4 Å². The largest absolute Gasteiger partial charge is 0.481 e. The van der Waals surface area contributed by atoms with Gasteiger partial charge in [0.1, 0.15) is 10.6 Å². The molecule has 1 N–H and O–H groups in total. The first-order chi connectivity index (χ1) is 13.8. The molecule has 1 aliphatic rings. The summed E-state index contributed by atoms with van der Waals surface area (Å²) in [6, 6.07) is 11.7. The zero-order valence-corrected chi connectivity index (χ0v) is 17.8. The number of hydrogen-bond acceptors (Lipinski definition) is 5. The summed E-state index contributed by atoms with van der Waals surface area (Å²) in [6.07, 6.45) is -0.771. The summed E-state index contributed by atoms with van der Waals surface area (Å²) < 4.78 is 38.0. The molecule has 3 rings (SSSR count). The normalized spacial score (nSPS) is 16.2. The molecule has 0 saturated carbocycles. The van der Waals surface area contributed by atoms with Crippen LogP contribution in [0.5, 0.6) is 5.75 Å². The summed E-state index contributed by atoms with van der Waals surface area (Å²) in [7, 11) is -3.79. The molecule has 156 valence electrons. The van der Waals surface area contributed by atoms with E-state index in [-0.39, 0.29) is 23.0 Å². The van der Waals surface area contributed by atoms with E-state index < -0.39 is 22.0 Å². The molecule has 1 heterocycles. The second-order valence-corrected chi connectivity index (χ2v) is 9.04. The van der Waals surface area contributed by atoms with E-state index in [0.717, 1.165) is 5.56 Å². The fourth-order valence-corrected chi connectivity index (χ4v) is 4.73. The summed E-state index contributed by atoms with van der Waals surface area (Å²) in [6.45, 7) is 4.77. The Morgan fingerprint density at radius 3 is 2.48 bits per heavy atom. The highest BCUT2D eigenvalue weighted by Crippen LogP contribution is 2.28. The van der Waals surface area contributed by atoms with Crippen molar-refractivity contribution in [2.45, 2.75) is 24.8 Å². The minimum Gasteiger partial charge on any atom is -0.481 e. The van der Waals surface area contributed by atoms with Gasteiger partial charge in [0.25, 0.3) is 5.91 Å². The number of aryl methyl sites for hydroxylation is 1. The van der Waals surface area contributed by atoms with Crippen LogP contribution in [0.1, 0.15) is 12.5 Å². The third kappa shape index (κ3) is 5.27. The highest BCUT2D eigenvalue weighted by Gasteiger charge is 2.29. The van der Waals surface area contributed by atoms with E-state index in [2.05, 4.69) is 5.32 Å². The Hall–Kier alpha value is -2.13. The standard InChI is InChI=1S/C20H23ClN2O5S/c1-14-3-6-17(7-4-14)28-15(2)20(24)22-16-5-8-18(21)19(13-16)29(25,26)23-9-11-27-12-10-23/h3-8,13,15H,9-12H2,1-2H3,(H,22,24)/t15-/m1/s1. The van der Waals surface area contributed by atoms with E-state index >= 15 is 0 Å². The Morgan fingerprint density at radius 2 is 1.83 bits per heavy atom. The van der Waals surface area contributed by atoms with Crippen LogP contribution >= 0.6 is 11.6 Å². The molecule has 0 radical (unpaired) electrons. The molecule has 1 aliphatic heterocycles. The first-order valence-electron chi connectivity index (χ1n) is 9.19. The Bertz CT molecular complexity index is 973. The van der Waals surface area contributed by atoms with Gasteiger partial charge in [-0.3, -0.25) is 4.79 Å². The van der Waals surface area contributed by atoms with E-state index in [1.807, 2.05) is 19.1 Å². The van der Waals surface area contributed by atoms with Gasteiger partial charge in [-0.05, 0) is 44.2 Å². The number of nitrogens with one attached hydrogen (secondary N) is 1. The van der Waals surface area contributed by atoms with Gasteiger partial charge >= 0.3 is 0 Å². The minimum atomic E-state index is -3.79. The van der Waals surface area contributed by atoms with Crippen molar-refractivity contribution >= 4 is 33.2 Å². The predicted molar refractivity (Wildman–Crippen MR) is 111 cm³/mol. The highest BCUT2D eigenvalue weighted by atomic mass is 35.5. The molecular formula is C20H23ClN2O5S. The number of rotatable bonds is 6. The van der Waals surface area contributed by atoms with E-state index in [9.17, 15) is 13.2 Å². The van der Waals surface area contributed by atoms with Gasteiger partial charge in [0, 0.05) is 18.8 Å². The van der Waals surface area contributed by atoms with Crippen LogP contribution in [0, 0.1) is 6.92 Å². The Balaban J connectivity index is 1.73. The molecule has 2 aromatic carbocycles. The topological polar surface area (TPSA) is 84.9 Å². The van der Waals surface area contributed by atoms with Crippen molar-refractivity contribution in [1.82, 2.24) is 4.31 Å². The smallest absolute Gasteiger partial charge is 0.265 e. The van der Waals surface area contributed by atoms with Gasteiger partial charge in [-0.1, -0.05) is 29.3 Å². The molecule has 1 amide bonds. The van der Waals surface area contributed by atoms with Crippen molar-refractivity contribution < 1.29 is 22.7 Å². The molecule has 0 unspecified atom stereocenters. The number of ether oxygens (including phenoxy) is 2. The van der Waals surface area contributed by atoms with Gasteiger partial charge in [0.05, 0.1) is 18.2 Å². The molecule has 0 spiro atoms. The van der Waals surface area contributed by atoms with Gasteiger partial charge in [-0.15, -0.1) is 0 Å². The quantitative estimate of drug-likeness (QED) is 0.749. The zero-order chi connectivity index (χ0) is 21.0. The Labute approximate surface area is 175 Å². The van der Waals surface area contributed by atoms with Crippen LogP contribution in [0.3, 0.4) is 0 Å². The van der Waals surface area contributed by atoms with Gasteiger partial charge in [-0.25, -0.2) is 8.42 Å². The number of nitrogens with zero attached hydrogens (tertiary/aromatic N) is 1. The average molecular weight is 439 g/mol. The molecule has 0 bridgehead atoms. The summed E-state index contributed by atoms with van der Waals surface area (Å²) >= 11 is 6.14. The number of amides is 1. The SMILES string of the molecule is Cc1ccc(O[C@H](C)C(=O)Nc2ccc(Cl)c(S(=O)(=O)N3CCOCC3)c2)cc1. The molecule has 9 heteroatoms. The zero-order valence-electron chi connectivity index (χ0n) is 16.2. The first-order valence-corrected chi connectivity index (χ1v) is 11.0. The molecule has 0 aromatic heterocycles. The number of hydrogen-bond donors (Lipinski definition) is 1. The number of halogens is 1. The molecule has 1 fully saturated rings. The fourth-order valence-electron chi connectivity index (χ4n) is 2.82. The summed E-state index contributed by atoms with van der Waals surface area (Å²) in [5.41, 5.74) is 1.41. The van der Waals surface area contributed by atoms with Crippen LogP contribution in [0.2, 0.25) is 5.02 Å². The summed E-state index contributed by atoms with van der Waals surface area (Å²) in [5.74, 6) is 0.174. The second-order valence-electron chi connectivity index (χ2n) is 6.72. The predicted octanol–water partition coefficient (Wildman–Crippen LogP) is 3.08. The summed E-state index contributed by atoms with van der Waals surface area (Å²) in [5, 5.41) is 2.78. The maximum atomic E-state index is 12.9. The van der Waals surface area contributed by atoms with E-state index in [4.69, 9.17) is 21.1 Å². The van der Waals surface area contributed by atoms with Crippen molar-refractivity contribution in [3.63, 3.8) is 0 Å². The van der Waals surface area contributed by atoms with Crippen molar-refractivity contribution in [1.29, 1.82) is 0 Å². The number of anilines is 1. The Kier molecular flexibility index (Phi) is 6.79. The van der Waals surface area contributed by atoms with Gasteiger partial charge < -0.3 is 14.8 Å². The third-order valence-electron chi connectivity index (χ3n) is 4.49. The number of morpholine rings is 1. The molecule has 29 heavy (non-hydrogen) atoms. The lowest BCUT2D eigenvalue weighted by molar-refractivity contribution is -0.122. The van der Waals surface area contributed by atoms with Crippen LogP contribution in [0.25, 0.3) is 0 Å². The molecule has 1 atom stereocenters. The van der Waals surface area contributed by atoms with Gasteiger partial charge in [-0.2, -0.15) is 4.31 Å². The van der Waals surface area contributed by atoms with Crippen LogP contribution in [-0.2, 0) is 19.6 Å². The molecular weight excluding hydrogens is 416 g/mol. The lowest BCUT2D eigenvalue weighted by atomic mass is 10.2. The maximum Gasteiger partial charge on any atom is 0.265 e. The number of carbonyl (C=O) groups is 1. The monoisotopic (exact) mass is 438 g/mol.